The maximum Gasteiger partial charge on any atom is 0.298 e. The van der Waals surface area contributed by atoms with E-state index in [1.807, 2.05) is 0 Å². The van der Waals surface area contributed by atoms with Gasteiger partial charge in [0.1, 0.15) is 4.90 Å². The highest BCUT2D eigenvalue weighted by molar-refractivity contribution is 7.86. The summed E-state index contributed by atoms with van der Waals surface area (Å²) in [7, 11) is -4.97. The lowest BCUT2D eigenvalue weighted by Gasteiger charge is -2.25. The summed E-state index contributed by atoms with van der Waals surface area (Å²) in [5.41, 5.74) is 11.7. The van der Waals surface area contributed by atoms with E-state index in [1.54, 1.807) is 12.1 Å². The maximum absolute atomic E-state index is 13.5. The van der Waals surface area contributed by atoms with Crippen LogP contribution in [0.5, 0.6) is 0 Å². The minimum atomic E-state index is -4.97. The molecule has 0 radical (unpaired) electrons. The van der Waals surface area contributed by atoms with Crippen molar-refractivity contribution in [3.05, 3.63) is 82.5 Å². The minimum absolute atomic E-state index is 0.0539. The number of anilines is 2. The van der Waals surface area contributed by atoms with Gasteiger partial charge in [0.2, 0.25) is 0 Å². The minimum Gasteiger partial charge on any atom is -0.397 e. The molecule has 0 aromatic heterocycles. The molecular weight excluding hydrogens is 460 g/mol. The van der Waals surface area contributed by atoms with Gasteiger partial charge in [-0.1, -0.05) is 48.5 Å². The van der Waals surface area contributed by atoms with Crippen molar-refractivity contribution >= 4 is 44.5 Å². The van der Waals surface area contributed by atoms with Gasteiger partial charge in [-0.25, -0.2) is 0 Å². The van der Waals surface area contributed by atoms with Gasteiger partial charge in [0.25, 0.3) is 16.0 Å². The number of fused-ring (bicyclic) bond motifs is 2. The van der Waals surface area contributed by atoms with E-state index in [-0.39, 0.29) is 39.0 Å². The first-order valence-corrected chi connectivity index (χ1v) is 11.2. The van der Waals surface area contributed by atoms with Crippen molar-refractivity contribution in [2.75, 3.05) is 11.5 Å². The van der Waals surface area contributed by atoms with E-state index in [1.165, 1.54) is 42.6 Å². The number of nitrogens with zero attached hydrogens (tertiary/aromatic N) is 2. The summed E-state index contributed by atoms with van der Waals surface area (Å²) < 4.78 is 34.2. The number of amides is 1. The third-order valence-electron chi connectivity index (χ3n) is 5.71. The predicted molar refractivity (Wildman–Crippen MR) is 122 cm³/mol. The topological polar surface area (TPSA) is 182 Å². The van der Waals surface area contributed by atoms with Crippen molar-refractivity contribution in [2.24, 2.45) is 10.2 Å². The summed E-state index contributed by atoms with van der Waals surface area (Å²) >= 11 is 0. The summed E-state index contributed by atoms with van der Waals surface area (Å²) in [6.45, 7) is 0. The lowest BCUT2D eigenvalue weighted by molar-refractivity contribution is -0.112. The molecule has 0 saturated heterocycles. The van der Waals surface area contributed by atoms with Gasteiger partial charge in [-0.15, -0.1) is 5.11 Å². The number of hydrogen-bond acceptors (Lipinski definition) is 8. The standard InChI is InChI=1S/C23H14N4O6S/c24-18-15(11-7-5-10(6-8-11)14-9-26-27-23(14)30)16-17(19(25)22(18)34(31,32)33)21(29)13-4-2-1-3-12(13)20(16)28/h1-9H,24-25H2,(H,31,32,33). The fourth-order valence-electron chi connectivity index (χ4n) is 4.22. The van der Waals surface area contributed by atoms with Gasteiger partial charge in [-0.05, 0) is 11.1 Å². The summed E-state index contributed by atoms with van der Waals surface area (Å²) in [5.74, 6) is -1.77. The zero-order valence-corrected chi connectivity index (χ0v) is 18.0. The second-order valence-electron chi connectivity index (χ2n) is 7.60. The van der Waals surface area contributed by atoms with Crippen molar-refractivity contribution in [3.8, 4) is 11.1 Å². The smallest absolute Gasteiger partial charge is 0.298 e. The van der Waals surface area contributed by atoms with E-state index in [0.29, 0.717) is 5.56 Å². The Labute approximate surface area is 192 Å². The average molecular weight is 474 g/mol. The second-order valence-corrected chi connectivity index (χ2v) is 8.96. The Kier molecular flexibility index (Phi) is 4.57. The van der Waals surface area contributed by atoms with Gasteiger partial charge in [0, 0.05) is 22.3 Å². The van der Waals surface area contributed by atoms with E-state index in [2.05, 4.69) is 10.2 Å². The molecule has 1 heterocycles. The molecular formula is C23H14N4O6S. The van der Waals surface area contributed by atoms with Gasteiger partial charge < -0.3 is 11.5 Å². The Hall–Kier alpha value is -4.48. The molecule has 0 spiro atoms. The molecule has 1 aliphatic heterocycles. The zero-order chi connectivity index (χ0) is 24.4. The zero-order valence-electron chi connectivity index (χ0n) is 17.1. The van der Waals surface area contributed by atoms with Crippen molar-refractivity contribution < 1.29 is 27.4 Å². The molecule has 11 heteroatoms. The van der Waals surface area contributed by atoms with Crippen LogP contribution in [0.4, 0.5) is 11.4 Å². The highest BCUT2D eigenvalue weighted by Gasteiger charge is 2.38. The van der Waals surface area contributed by atoms with Crippen LogP contribution in [0.3, 0.4) is 0 Å². The molecule has 3 aromatic carbocycles. The largest absolute Gasteiger partial charge is 0.397 e. The van der Waals surface area contributed by atoms with Crippen LogP contribution in [0.1, 0.15) is 37.4 Å². The van der Waals surface area contributed by atoms with Crippen LogP contribution >= 0.6 is 0 Å². The maximum atomic E-state index is 13.5. The summed E-state index contributed by atoms with van der Waals surface area (Å²) in [5, 5.41) is 6.98. The molecule has 168 valence electrons. The third-order valence-corrected chi connectivity index (χ3v) is 6.66. The summed E-state index contributed by atoms with van der Waals surface area (Å²) in [4.78, 5) is 37.8. The normalized spacial score (nSPS) is 14.7. The number of nitrogen functional groups attached to an aromatic ring is 2. The highest BCUT2D eigenvalue weighted by Crippen LogP contribution is 2.45. The molecule has 5 N–H and O–H groups in total. The molecule has 0 saturated carbocycles. The van der Waals surface area contributed by atoms with Crippen molar-refractivity contribution in [2.45, 2.75) is 4.90 Å². The van der Waals surface area contributed by atoms with Gasteiger partial charge in [0.15, 0.2) is 11.6 Å². The number of nitrogens with two attached hydrogens (primary N) is 2. The molecule has 0 unspecified atom stereocenters. The van der Waals surface area contributed by atoms with Gasteiger partial charge in [0.05, 0.1) is 28.7 Å². The van der Waals surface area contributed by atoms with Crippen LogP contribution in [0.2, 0.25) is 0 Å². The first kappa shape index (κ1) is 21.4. The molecule has 0 bridgehead atoms. The first-order valence-electron chi connectivity index (χ1n) is 9.78. The molecule has 1 aliphatic carbocycles. The van der Waals surface area contributed by atoms with Crippen LogP contribution in [-0.4, -0.2) is 30.4 Å². The second kappa shape index (κ2) is 7.27. The molecule has 0 fully saturated rings. The van der Waals surface area contributed by atoms with E-state index in [4.69, 9.17) is 11.5 Å². The van der Waals surface area contributed by atoms with Crippen LogP contribution in [0.25, 0.3) is 16.7 Å². The fraction of sp³-hybridized carbons (Fsp3) is 0. The third kappa shape index (κ3) is 2.99. The van der Waals surface area contributed by atoms with E-state index in [0.717, 1.165) is 0 Å². The lowest BCUT2D eigenvalue weighted by Crippen LogP contribution is -2.26. The Bertz CT molecular complexity index is 1640. The van der Waals surface area contributed by atoms with E-state index >= 15 is 0 Å². The van der Waals surface area contributed by atoms with Crippen LogP contribution in [0.15, 0.2) is 69.9 Å². The molecule has 0 atom stereocenters. The Balaban J connectivity index is 1.82. The lowest BCUT2D eigenvalue weighted by atomic mass is 9.79. The number of benzene rings is 3. The molecule has 5 rings (SSSR count). The van der Waals surface area contributed by atoms with E-state index < -0.39 is 43.9 Å². The van der Waals surface area contributed by atoms with Gasteiger partial charge in [-0.2, -0.15) is 13.5 Å². The quantitative estimate of drug-likeness (QED) is 0.299. The first-order chi connectivity index (χ1) is 16.1. The molecule has 2 aliphatic rings. The fourth-order valence-corrected chi connectivity index (χ4v) is 4.98. The SMILES string of the molecule is Nc1c2c(c(-c3ccc(C4=CN=NC4=O)cc3)c(N)c1S(=O)(=O)O)C(=O)c1ccccc1C2=O. The van der Waals surface area contributed by atoms with Crippen LogP contribution < -0.4 is 11.5 Å². The number of carbonyl (C=O) groups is 3. The average Bonchev–Trinajstić information content (AvgIpc) is 3.22. The van der Waals surface area contributed by atoms with E-state index in [9.17, 15) is 27.4 Å². The van der Waals surface area contributed by atoms with Crippen LogP contribution in [0, 0.1) is 0 Å². The van der Waals surface area contributed by atoms with Crippen molar-refractivity contribution in [3.63, 3.8) is 0 Å². The van der Waals surface area contributed by atoms with Crippen molar-refractivity contribution in [1.29, 1.82) is 0 Å². The highest BCUT2D eigenvalue weighted by atomic mass is 32.2. The molecule has 34 heavy (non-hydrogen) atoms. The molecule has 3 aromatic rings. The predicted octanol–water partition coefficient (Wildman–Crippen LogP) is 2.87. The van der Waals surface area contributed by atoms with Gasteiger partial charge in [-0.3, -0.25) is 18.9 Å². The Morgan fingerprint density at radius 1 is 0.735 bits per heavy atom. The Morgan fingerprint density at radius 2 is 1.26 bits per heavy atom. The number of hydrogen-bond donors (Lipinski definition) is 3. The molecule has 10 nitrogen and oxygen atoms in total. The number of rotatable bonds is 3. The van der Waals surface area contributed by atoms with Crippen LogP contribution in [-0.2, 0) is 14.9 Å². The monoisotopic (exact) mass is 474 g/mol. The number of carbonyl (C=O) groups excluding carboxylic acids is 3. The Morgan fingerprint density at radius 3 is 1.79 bits per heavy atom. The summed E-state index contributed by atoms with van der Waals surface area (Å²) in [6, 6.07) is 12.1. The van der Waals surface area contributed by atoms with Crippen molar-refractivity contribution in [1.82, 2.24) is 0 Å². The number of azo groups is 1. The molecule has 1 amide bonds. The number of ketones is 2. The van der Waals surface area contributed by atoms with Gasteiger partial charge >= 0.3 is 0 Å². The summed E-state index contributed by atoms with van der Waals surface area (Å²) in [6.07, 6.45) is 1.30.